The minimum absolute atomic E-state index is 0.123. The minimum Gasteiger partial charge on any atom is -0.449 e. The number of carbonyl (C=O) groups is 3. The highest BCUT2D eigenvalue weighted by atomic mass is 32.2. The van der Waals surface area contributed by atoms with Crippen molar-refractivity contribution in [2.75, 3.05) is 37.5 Å². The number of para-hydroxylation sites is 1. The van der Waals surface area contributed by atoms with Crippen molar-refractivity contribution in [1.29, 1.82) is 5.26 Å². The third kappa shape index (κ3) is 8.25. The van der Waals surface area contributed by atoms with Crippen molar-refractivity contribution in [3.05, 3.63) is 60.2 Å². The maximum Gasteiger partial charge on any atom is 0.340 e. The summed E-state index contributed by atoms with van der Waals surface area (Å²) < 4.78 is 10.4. The Morgan fingerprint density at radius 2 is 1.82 bits per heavy atom. The van der Waals surface area contributed by atoms with Crippen molar-refractivity contribution in [2.24, 2.45) is 0 Å². The van der Waals surface area contributed by atoms with Gasteiger partial charge < -0.3 is 19.7 Å². The zero-order chi connectivity index (χ0) is 24.1. The van der Waals surface area contributed by atoms with E-state index >= 15 is 0 Å². The molecule has 1 atom stereocenters. The molecule has 2 aromatic carbocycles. The number of hydrogen-bond donors (Lipinski definition) is 1. The number of methoxy groups -OCH3 is 1. The zero-order valence-electron chi connectivity index (χ0n) is 18.7. The fraction of sp³-hybridized carbons (Fsp3) is 0.333. The van der Waals surface area contributed by atoms with Gasteiger partial charge in [-0.1, -0.05) is 30.3 Å². The van der Waals surface area contributed by atoms with Crippen LogP contribution in [0.3, 0.4) is 0 Å². The van der Waals surface area contributed by atoms with E-state index in [1.807, 2.05) is 12.1 Å². The maximum atomic E-state index is 13.0. The number of anilines is 1. The smallest absolute Gasteiger partial charge is 0.340 e. The average Bonchev–Trinajstić information content (AvgIpc) is 2.83. The third-order valence-corrected chi connectivity index (χ3v) is 5.58. The molecule has 0 spiro atoms. The van der Waals surface area contributed by atoms with E-state index in [-0.39, 0.29) is 30.2 Å². The van der Waals surface area contributed by atoms with Gasteiger partial charge >= 0.3 is 5.97 Å². The lowest BCUT2D eigenvalue weighted by Gasteiger charge is -2.25. The number of carbonyl (C=O) groups excluding carboxylic acids is 3. The molecule has 0 saturated heterocycles. The van der Waals surface area contributed by atoms with E-state index in [1.54, 1.807) is 55.6 Å². The Labute approximate surface area is 197 Å². The van der Waals surface area contributed by atoms with Crippen LogP contribution >= 0.6 is 11.8 Å². The highest BCUT2D eigenvalue weighted by Gasteiger charge is 2.26. The quantitative estimate of drug-likeness (QED) is 0.289. The van der Waals surface area contributed by atoms with E-state index in [2.05, 4.69) is 5.32 Å². The topological polar surface area (TPSA) is 109 Å². The molecule has 0 aliphatic heterocycles. The van der Waals surface area contributed by atoms with Crippen LogP contribution in [0.4, 0.5) is 5.69 Å². The van der Waals surface area contributed by atoms with Gasteiger partial charge in [0.1, 0.15) is 0 Å². The Kier molecular flexibility index (Phi) is 10.9. The number of amides is 2. The van der Waals surface area contributed by atoms with Crippen LogP contribution in [0.25, 0.3) is 0 Å². The Bertz CT molecular complexity index is 978. The van der Waals surface area contributed by atoms with Gasteiger partial charge in [0.15, 0.2) is 6.10 Å². The van der Waals surface area contributed by atoms with Gasteiger partial charge in [-0.25, -0.2) is 4.79 Å². The molecular formula is C24H27N3O5S. The normalized spacial score (nSPS) is 11.2. The van der Waals surface area contributed by atoms with Gasteiger partial charge in [-0.3, -0.25) is 9.59 Å². The molecule has 8 nitrogen and oxygen atoms in total. The lowest BCUT2D eigenvalue weighted by Crippen LogP contribution is -2.40. The van der Waals surface area contributed by atoms with Crippen LogP contribution in [-0.2, 0) is 19.1 Å². The van der Waals surface area contributed by atoms with Crippen LogP contribution in [0, 0.1) is 11.3 Å². The number of hydrogen-bond acceptors (Lipinski definition) is 7. The summed E-state index contributed by atoms with van der Waals surface area (Å²) >= 11 is 1.21. The van der Waals surface area contributed by atoms with E-state index in [0.29, 0.717) is 23.7 Å². The van der Waals surface area contributed by atoms with Gasteiger partial charge in [-0.2, -0.15) is 5.26 Å². The summed E-state index contributed by atoms with van der Waals surface area (Å²) in [6.07, 6.45) is -0.917. The van der Waals surface area contributed by atoms with Crippen molar-refractivity contribution in [3.63, 3.8) is 0 Å². The summed E-state index contributed by atoms with van der Waals surface area (Å²) in [7, 11) is 1.55. The average molecular weight is 470 g/mol. The molecule has 0 aromatic heterocycles. The standard InChI is InChI=1S/C24H27N3O5S/c1-18(23(29)27(15-8-13-25)19-9-4-3-5-10-19)32-24(30)20-11-6-7-12-21(20)33-17-22(28)26-14-16-31-2/h3-7,9-12,18H,8,14-17H2,1-2H3,(H,26,28). The summed E-state index contributed by atoms with van der Waals surface area (Å²) in [6.45, 7) is 2.51. The third-order valence-electron chi connectivity index (χ3n) is 4.51. The predicted octanol–water partition coefficient (Wildman–Crippen LogP) is 3.03. The van der Waals surface area contributed by atoms with E-state index in [1.165, 1.54) is 23.6 Å². The fourth-order valence-corrected chi connectivity index (χ4v) is 3.75. The number of nitrogens with zero attached hydrogens (tertiary/aromatic N) is 2. The molecule has 0 radical (unpaired) electrons. The lowest BCUT2D eigenvalue weighted by atomic mass is 10.2. The first kappa shape index (κ1) is 25.9. The first-order chi connectivity index (χ1) is 16.0. The fourth-order valence-electron chi connectivity index (χ4n) is 2.88. The molecule has 2 aromatic rings. The Morgan fingerprint density at radius 1 is 1.12 bits per heavy atom. The molecule has 2 rings (SSSR count). The largest absolute Gasteiger partial charge is 0.449 e. The lowest BCUT2D eigenvalue weighted by molar-refractivity contribution is -0.126. The van der Waals surface area contributed by atoms with Crippen LogP contribution in [0.15, 0.2) is 59.5 Å². The molecule has 174 valence electrons. The molecule has 9 heteroatoms. The van der Waals surface area contributed by atoms with Gasteiger partial charge in [0.2, 0.25) is 5.91 Å². The number of rotatable bonds is 12. The monoisotopic (exact) mass is 469 g/mol. The molecular weight excluding hydrogens is 442 g/mol. The van der Waals surface area contributed by atoms with E-state index in [0.717, 1.165) is 0 Å². The van der Waals surface area contributed by atoms with Crippen LogP contribution in [-0.4, -0.2) is 56.4 Å². The van der Waals surface area contributed by atoms with Crippen molar-refractivity contribution >= 4 is 35.2 Å². The van der Waals surface area contributed by atoms with Gasteiger partial charge in [-0.15, -0.1) is 11.8 Å². The summed E-state index contributed by atoms with van der Waals surface area (Å²) in [5.41, 5.74) is 0.895. The number of benzene rings is 2. The van der Waals surface area contributed by atoms with Crippen LogP contribution in [0.2, 0.25) is 0 Å². The first-order valence-corrected chi connectivity index (χ1v) is 11.4. The molecule has 0 heterocycles. The Hall–Kier alpha value is -3.35. The van der Waals surface area contributed by atoms with E-state index < -0.39 is 18.0 Å². The van der Waals surface area contributed by atoms with Crippen molar-refractivity contribution in [1.82, 2.24) is 5.32 Å². The van der Waals surface area contributed by atoms with Crippen molar-refractivity contribution < 1.29 is 23.9 Å². The van der Waals surface area contributed by atoms with Crippen LogP contribution in [0.5, 0.6) is 0 Å². The maximum absolute atomic E-state index is 13.0. The second-order valence-corrected chi connectivity index (χ2v) is 7.93. The van der Waals surface area contributed by atoms with Gasteiger partial charge in [0.05, 0.1) is 30.4 Å². The first-order valence-electron chi connectivity index (χ1n) is 10.4. The SMILES string of the molecule is COCCNC(=O)CSc1ccccc1C(=O)OC(C)C(=O)N(CCC#N)c1ccccc1. The molecule has 2 amide bonds. The molecule has 33 heavy (non-hydrogen) atoms. The summed E-state index contributed by atoms with van der Waals surface area (Å²) in [4.78, 5) is 39.8. The zero-order valence-corrected chi connectivity index (χ0v) is 19.5. The second kappa shape index (κ2) is 13.9. The summed E-state index contributed by atoms with van der Waals surface area (Å²) in [6, 6.07) is 17.7. The highest BCUT2D eigenvalue weighted by molar-refractivity contribution is 8.00. The molecule has 1 N–H and O–H groups in total. The van der Waals surface area contributed by atoms with Crippen LogP contribution < -0.4 is 10.2 Å². The van der Waals surface area contributed by atoms with Gasteiger partial charge in [0.25, 0.3) is 5.91 Å². The minimum atomic E-state index is -1.06. The number of esters is 1. The number of nitriles is 1. The summed E-state index contributed by atoms with van der Waals surface area (Å²) in [5.74, 6) is -1.14. The molecule has 0 aliphatic carbocycles. The number of nitrogens with one attached hydrogen (secondary N) is 1. The molecule has 0 bridgehead atoms. The molecule has 1 unspecified atom stereocenters. The number of ether oxygens (including phenoxy) is 2. The van der Waals surface area contributed by atoms with E-state index in [9.17, 15) is 14.4 Å². The second-order valence-electron chi connectivity index (χ2n) is 6.91. The highest BCUT2D eigenvalue weighted by Crippen LogP contribution is 2.24. The van der Waals surface area contributed by atoms with Gasteiger partial charge in [-0.05, 0) is 31.2 Å². The predicted molar refractivity (Wildman–Crippen MR) is 126 cm³/mol. The summed E-state index contributed by atoms with van der Waals surface area (Å²) in [5, 5.41) is 11.7. The van der Waals surface area contributed by atoms with E-state index in [4.69, 9.17) is 14.7 Å². The number of thioether (sulfide) groups is 1. The molecule has 0 aliphatic rings. The van der Waals surface area contributed by atoms with Gasteiger partial charge in [0, 0.05) is 30.8 Å². The van der Waals surface area contributed by atoms with Crippen molar-refractivity contribution in [3.8, 4) is 6.07 Å². The Morgan fingerprint density at radius 3 is 2.52 bits per heavy atom. The Balaban J connectivity index is 2.05. The van der Waals surface area contributed by atoms with Crippen molar-refractivity contribution in [2.45, 2.75) is 24.3 Å². The van der Waals surface area contributed by atoms with Crippen LogP contribution in [0.1, 0.15) is 23.7 Å². The molecule has 0 fully saturated rings. The molecule has 0 saturated carbocycles.